The summed E-state index contributed by atoms with van der Waals surface area (Å²) in [5.41, 5.74) is 6.73. The van der Waals surface area contributed by atoms with Crippen LogP contribution in [0.4, 0.5) is 5.69 Å². The van der Waals surface area contributed by atoms with Crippen LogP contribution in [0.1, 0.15) is 5.56 Å². The van der Waals surface area contributed by atoms with Gasteiger partial charge in [-0.3, -0.25) is 0 Å². The lowest BCUT2D eigenvalue weighted by molar-refractivity contribution is -0.0304. The van der Waals surface area contributed by atoms with E-state index in [1.165, 1.54) is 10.4 Å². The minimum Gasteiger partial charge on any atom is -0.399 e. The summed E-state index contributed by atoms with van der Waals surface area (Å²) < 4.78 is 31.7. The van der Waals surface area contributed by atoms with Gasteiger partial charge in [-0.05, 0) is 24.6 Å². The SMILES string of the molecule is Cc1ccc(N)cc1S(=O)(=O)N1CCOC(CO)C1. The molecule has 1 aliphatic rings. The summed E-state index contributed by atoms with van der Waals surface area (Å²) in [6, 6.07) is 4.82. The fourth-order valence-corrected chi connectivity index (χ4v) is 3.77. The molecule has 1 unspecified atom stereocenters. The van der Waals surface area contributed by atoms with E-state index in [9.17, 15) is 8.42 Å². The Balaban J connectivity index is 2.34. The number of nitrogen functional groups attached to an aromatic ring is 1. The number of hydrogen-bond donors (Lipinski definition) is 2. The molecule has 3 N–H and O–H groups in total. The minimum absolute atomic E-state index is 0.160. The van der Waals surface area contributed by atoms with E-state index in [1.54, 1.807) is 19.1 Å². The molecule has 0 aliphatic carbocycles. The van der Waals surface area contributed by atoms with Gasteiger partial charge >= 0.3 is 0 Å². The highest BCUT2D eigenvalue weighted by atomic mass is 32.2. The third-order valence-electron chi connectivity index (χ3n) is 3.14. The Morgan fingerprint density at radius 1 is 1.53 bits per heavy atom. The van der Waals surface area contributed by atoms with Crippen LogP contribution in [0.15, 0.2) is 23.1 Å². The number of aryl methyl sites for hydroxylation is 1. The number of rotatable bonds is 3. The molecule has 1 aliphatic heterocycles. The number of morpholine rings is 1. The predicted octanol–water partition coefficient (Wildman–Crippen LogP) is -0.0410. The Bertz CT molecular complexity index is 559. The molecule has 6 nitrogen and oxygen atoms in total. The summed E-state index contributed by atoms with van der Waals surface area (Å²) in [5, 5.41) is 9.08. The molecule has 19 heavy (non-hydrogen) atoms. The van der Waals surface area contributed by atoms with Crippen LogP contribution in [0, 0.1) is 6.92 Å². The van der Waals surface area contributed by atoms with Crippen molar-refractivity contribution < 1.29 is 18.3 Å². The number of hydrogen-bond acceptors (Lipinski definition) is 5. The van der Waals surface area contributed by atoms with Gasteiger partial charge in [-0.25, -0.2) is 8.42 Å². The highest BCUT2D eigenvalue weighted by molar-refractivity contribution is 7.89. The largest absolute Gasteiger partial charge is 0.399 e. The number of benzene rings is 1. The van der Waals surface area contributed by atoms with Crippen molar-refractivity contribution in [3.63, 3.8) is 0 Å². The van der Waals surface area contributed by atoms with Gasteiger partial charge in [0.25, 0.3) is 0 Å². The molecule has 0 radical (unpaired) electrons. The van der Waals surface area contributed by atoms with Gasteiger partial charge in [-0.2, -0.15) is 4.31 Å². The number of anilines is 1. The molecular formula is C12H18N2O4S. The van der Waals surface area contributed by atoms with Crippen molar-refractivity contribution in [1.29, 1.82) is 0 Å². The summed E-state index contributed by atoms with van der Waals surface area (Å²) in [7, 11) is -3.60. The Kier molecular flexibility index (Phi) is 4.10. The second kappa shape index (κ2) is 5.46. The summed E-state index contributed by atoms with van der Waals surface area (Å²) in [6.07, 6.45) is -0.468. The van der Waals surface area contributed by atoms with Crippen molar-refractivity contribution in [3.05, 3.63) is 23.8 Å². The first-order chi connectivity index (χ1) is 8.95. The van der Waals surface area contributed by atoms with Crippen LogP contribution in [-0.2, 0) is 14.8 Å². The molecule has 1 aromatic rings. The minimum atomic E-state index is -3.60. The van der Waals surface area contributed by atoms with Crippen LogP contribution in [-0.4, -0.2) is 50.2 Å². The number of ether oxygens (including phenoxy) is 1. The van der Waals surface area contributed by atoms with Crippen LogP contribution < -0.4 is 5.73 Å². The maximum Gasteiger partial charge on any atom is 0.243 e. The van der Waals surface area contributed by atoms with Gasteiger partial charge in [0.15, 0.2) is 0 Å². The first kappa shape index (κ1) is 14.3. The third-order valence-corrected chi connectivity index (χ3v) is 5.14. The molecule has 1 atom stereocenters. The molecule has 7 heteroatoms. The molecule has 106 valence electrons. The fraction of sp³-hybridized carbons (Fsp3) is 0.500. The highest BCUT2D eigenvalue weighted by Gasteiger charge is 2.31. The van der Waals surface area contributed by atoms with Gasteiger partial charge in [-0.1, -0.05) is 6.07 Å². The van der Waals surface area contributed by atoms with E-state index in [-0.39, 0.29) is 31.2 Å². The molecule has 0 amide bonds. The molecule has 0 spiro atoms. The maximum atomic E-state index is 12.6. The summed E-state index contributed by atoms with van der Waals surface area (Å²) in [4.78, 5) is 0.214. The Morgan fingerprint density at radius 3 is 2.95 bits per heavy atom. The summed E-state index contributed by atoms with van der Waals surface area (Å²) >= 11 is 0. The van der Waals surface area contributed by atoms with E-state index in [0.717, 1.165) is 0 Å². The predicted molar refractivity (Wildman–Crippen MR) is 71.2 cm³/mol. The van der Waals surface area contributed by atoms with E-state index in [2.05, 4.69) is 0 Å². The number of nitrogens with two attached hydrogens (primary N) is 1. The zero-order chi connectivity index (χ0) is 14.0. The standard InChI is InChI=1S/C12H18N2O4S/c1-9-2-3-10(13)6-12(9)19(16,17)14-4-5-18-11(7-14)8-15/h2-3,6,11,15H,4-5,7-8,13H2,1H3. The van der Waals surface area contributed by atoms with Gasteiger partial charge in [0.1, 0.15) is 0 Å². The smallest absolute Gasteiger partial charge is 0.243 e. The number of sulfonamides is 1. The second-order valence-corrected chi connectivity index (χ2v) is 6.47. The molecule has 2 rings (SSSR count). The molecule has 1 saturated heterocycles. The van der Waals surface area contributed by atoms with Crippen LogP contribution in [0.3, 0.4) is 0 Å². The lowest BCUT2D eigenvalue weighted by atomic mass is 10.2. The zero-order valence-corrected chi connectivity index (χ0v) is 11.6. The van der Waals surface area contributed by atoms with Crippen LogP contribution in [0.25, 0.3) is 0 Å². The van der Waals surface area contributed by atoms with Gasteiger partial charge in [0.2, 0.25) is 10.0 Å². The van der Waals surface area contributed by atoms with Crippen LogP contribution in [0.5, 0.6) is 0 Å². The monoisotopic (exact) mass is 286 g/mol. The second-order valence-electron chi connectivity index (χ2n) is 4.56. The summed E-state index contributed by atoms with van der Waals surface area (Å²) in [5.74, 6) is 0. The number of nitrogens with zero attached hydrogens (tertiary/aromatic N) is 1. The quantitative estimate of drug-likeness (QED) is 0.761. The van der Waals surface area contributed by atoms with Crippen molar-refractivity contribution in [2.45, 2.75) is 17.9 Å². The van der Waals surface area contributed by atoms with E-state index in [1.807, 2.05) is 0 Å². The van der Waals surface area contributed by atoms with Crippen molar-refractivity contribution in [2.24, 2.45) is 0 Å². The zero-order valence-electron chi connectivity index (χ0n) is 10.7. The average Bonchev–Trinajstić information content (AvgIpc) is 2.41. The first-order valence-electron chi connectivity index (χ1n) is 6.04. The Labute approximate surface area is 112 Å². The third kappa shape index (κ3) is 2.89. The summed E-state index contributed by atoms with van der Waals surface area (Å²) in [6.45, 7) is 2.27. The molecule has 0 aromatic heterocycles. The van der Waals surface area contributed by atoms with E-state index < -0.39 is 16.1 Å². The van der Waals surface area contributed by atoms with Crippen molar-refractivity contribution >= 4 is 15.7 Å². The first-order valence-corrected chi connectivity index (χ1v) is 7.48. The van der Waals surface area contributed by atoms with Crippen LogP contribution in [0.2, 0.25) is 0 Å². The van der Waals surface area contributed by atoms with Crippen LogP contribution >= 0.6 is 0 Å². The molecule has 0 bridgehead atoms. The average molecular weight is 286 g/mol. The molecule has 1 heterocycles. The normalized spacial score (nSPS) is 21.5. The number of aliphatic hydroxyl groups is 1. The van der Waals surface area contributed by atoms with E-state index in [4.69, 9.17) is 15.6 Å². The Hall–Kier alpha value is -1.15. The molecular weight excluding hydrogens is 268 g/mol. The van der Waals surface area contributed by atoms with Crippen molar-refractivity contribution in [2.75, 3.05) is 32.0 Å². The number of aliphatic hydroxyl groups excluding tert-OH is 1. The molecule has 0 saturated carbocycles. The van der Waals surface area contributed by atoms with Crippen molar-refractivity contribution in [3.8, 4) is 0 Å². The van der Waals surface area contributed by atoms with Gasteiger partial charge in [0, 0.05) is 18.8 Å². The fourth-order valence-electron chi connectivity index (χ4n) is 2.05. The van der Waals surface area contributed by atoms with Crippen molar-refractivity contribution in [1.82, 2.24) is 4.31 Å². The lowest BCUT2D eigenvalue weighted by Crippen LogP contribution is -2.46. The van der Waals surface area contributed by atoms with Gasteiger partial charge in [-0.15, -0.1) is 0 Å². The van der Waals surface area contributed by atoms with Gasteiger partial charge < -0.3 is 15.6 Å². The topological polar surface area (TPSA) is 92.9 Å². The highest BCUT2D eigenvalue weighted by Crippen LogP contribution is 2.23. The van der Waals surface area contributed by atoms with Gasteiger partial charge in [0.05, 0.1) is 24.2 Å². The molecule has 1 aromatic carbocycles. The Morgan fingerprint density at radius 2 is 2.26 bits per heavy atom. The lowest BCUT2D eigenvalue weighted by Gasteiger charge is -2.31. The van der Waals surface area contributed by atoms with E-state index in [0.29, 0.717) is 11.3 Å². The maximum absolute atomic E-state index is 12.6. The van der Waals surface area contributed by atoms with E-state index >= 15 is 0 Å². The molecule has 1 fully saturated rings.